The SMILES string of the molecule is Cc1oc(CNC(=O)C2(Cc3ccc(OC(F)(F)F)cc3)CC2)cc1C(=O)O. The summed E-state index contributed by atoms with van der Waals surface area (Å²) in [5.41, 5.74) is 0.166. The minimum absolute atomic E-state index is 0.0477. The standard InChI is InChI=1S/C19H18F3NO5/c1-11-15(16(24)25)8-14(27-11)10-23-17(26)18(6-7-18)9-12-2-4-13(5-3-12)28-19(20,21)22/h2-5,8H,6-7,9-10H2,1H3,(H,23,26)(H,24,25). The van der Waals surface area contributed by atoms with Crippen LogP contribution < -0.4 is 10.1 Å². The van der Waals surface area contributed by atoms with Gasteiger partial charge in [0.1, 0.15) is 22.8 Å². The number of hydrogen-bond acceptors (Lipinski definition) is 4. The number of carbonyl (C=O) groups excluding carboxylic acids is 1. The number of hydrogen-bond donors (Lipinski definition) is 2. The highest BCUT2D eigenvalue weighted by molar-refractivity contribution is 5.89. The van der Waals surface area contributed by atoms with E-state index < -0.39 is 17.7 Å². The van der Waals surface area contributed by atoms with Gasteiger partial charge in [-0.3, -0.25) is 4.79 Å². The maximum Gasteiger partial charge on any atom is 0.573 e. The van der Waals surface area contributed by atoms with Crippen LogP contribution in [0.3, 0.4) is 0 Å². The van der Waals surface area contributed by atoms with E-state index in [2.05, 4.69) is 10.1 Å². The third-order valence-corrected chi connectivity index (χ3v) is 4.66. The number of halogens is 3. The number of carbonyl (C=O) groups is 2. The number of rotatable bonds is 7. The van der Waals surface area contributed by atoms with Gasteiger partial charge in [-0.05, 0) is 49.9 Å². The highest BCUT2D eigenvalue weighted by Crippen LogP contribution is 2.48. The number of aryl methyl sites for hydroxylation is 1. The van der Waals surface area contributed by atoms with Gasteiger partial charge in [-0.1, -0.05) is 12.1 Å². The Kier molecular flexibility index (Phi) is 5.10. The van der Waals surface area contributed by atoms with Crippen molar-refractivity contribution in [2.75, 3.05) is 0 Å². The molecule has 2 N–H and O–H groups in total. The molecule has 9 heteroatoms. The van der Waals surface area contributed by atoms with Crippen LogP contribution in [0.1, 0.15) is 40.3 Å². The van der Waals surface area contributed by atoms with Crippen molar-refractivity contribution in [1.29, 1.82) is 0 Å². The molecule has 1 aliphatic rings. The van der Waals surface area contributed by atoms with Crippen molar-refractivity contribution < 1.29 is 37.0 Å². The molecule has 1 aliphatic carbocycles. The van der Waals surface area contributed by atoms with Gasteiger partial charge in [0.2, 0.25) is 5.91 Å². The van der Waals surface area contributed by atoms with Crippen LogP contribution in [0.2, 0.25) is 0 Å². The summed E-state index contributed by atoms with van der Waals surface area (Å²) in [6.45, 7) is 1.59. The second-order valence-corrected chi connectivity index (χ2v) is 6.82. The van der Waals surface area contributed by atoms with E-state index in [9.17, 15) is 22.8 Å². The fourth-order valence-electron chi connectivity index (χ4n) is 3.03. The van der Waals surface area contributed by atoms with E-state index in [1.807, 2.05) is 0 Å². The summed E-state index contributed by atoms with van der Waals surface area (Å²) in [7, 11) is 0. The molecule has 0 spiro atoms. The predicted molar refractivity (Wildman–Crippen MR) is 90.7 cm³/mol. The predicted octanol–water partition coefficient (Wildman–Crippen LogP) is 3.82. The minimum Gasteiger partial charge on any atom is -0.478 e. The van der Waals surface area contributed by atoms with E-state index >= 15 is 0 Å². The molecule has 1 aromatic carbocycles. The number of carboxylic acid groups (broad SMARTS) is 1. The van der Waals surface area contributed by atoms with Gasteiger partial charge >= 0.3 is 12.3 Å². The Labute approximate surface area is 158 Å². The summed E-state index contributed by atoms with van der Waals surface area (Å²) in [4.78, 5) is 23.6. The molecule has 0 unspecified atom stereocenters. The van der Waals surface area contributed by atoms with E-state index in [4.69, 9.17) is 9.52 Å². The van der Waals surface area contributed by atoms with Crippen molar-refractivity contribution in [3.63, 3.8) is 0 Å². The van der Waals surface area contributed by atoms with Crippen LogP contribution in [0.5, 0.6) is 5.75 Å². The Morgan fingerprint density at radius 2 is 1.89 bits per heavy atom. The van der Waals surface area contributed by atoms with Crippen molar-refractivity contribution >= 4 is 11.9 Å². The quantitative estimate of drug-likeness (QED) is 0.742. The van der Waals surface area contributed by atoms with Crippen LogP contribution in [0, 0.1) is 12.3 Å². The lowest BCUT2D eigenvalue weighted by atomic mass is 9.95. The zero-order valence-corrected chi connectivity index (χ0v) is 14.9. The van der Waals surface area contributed by atoms with Gasteiger partial charge in [0, 0.05) is 0 Å². The first-order valence-corrected chi connectivity index (χ1v) is 8.54. The maximum atomic E-state index is 12.5. The smallest absolute Gasteiger partial charge is 0.478 e. The molecule has 0 atom stereocenters. The van der Waals surface area contributed by atoms with Crippen LogP contribution >= 0.6 is 0 Å². The lowest BCUT2D eigenvalue weighted by Gasteiger charge is -2.15. The van der Waals surface area contributed by atoms with E-state index in [1.54, 1.807) is 0 Å². The van der Waals surface area contributed by atoms with Crippen molar-refractivity contribution in [3.05, 3.63) is 53.0 Å². The van der Waals surface area contributed by atoms with Gasteiger partial charge < -0.3 is 19.6 Å². The molecule has 1 amide bonds. The van der Waals surface area contributed by atoms with Crippen LogP contribution in [0.4, 0.5) is 13.2 Å². The van der Waals surface area contributed by atoms with Gasteiger partial charge in [0.25, 0.3) is 0 Å². The Morgan fingerprint density at radius 3 is 2.39 bits per heavy atom. The van der Waals surface area contributed by atoms with Crippen LogP contribution in [-0.2, 0) is 17.8 Å². The molecule has 1 fully saturated rings. The number of furan rings is 1. The molecule has 150 valence electrons. The van der Waals surface area contributed by atoms with E-state index in [0.717, 1.165) is 5.56 Å². The lowest BCUT2D eigenvalue weighted by molar-refractivity contribution is -0.274. The molecule has 6 nitrogen and oxygen atoms in total. The summed E-state index contributed by atoms with van der Waals surface area (Å²) < 4.78 is 45.8. The van der Waals surface area contributed by atoms with E-state index in [0.29, 0.717) is 25.0 Å². The molecule has 2 aromatic rings. The summed E-state index contributed by atoms with van der Waals surface area (Å²) in [5, 5.41) is 11.8. The monoisotopic (exact) mass is 397 g/mol. The van der Waals surface area contributed by atoms with Crippen molar-refractivity contribution in [3.8, 4) is 5.75 Å². The molecular weight excluding hydrogens is 379 g/mol. The first-order chi connectivity index (χ1) is 13.1. The fraction of sp³-hybridized carbons (Fsp3) is 0.368. The Hall–Kier alpha value is -2.97. The first kappa shape index (κ1) is 19.8. The van der Waals surface area contributed by atoms with Crippen LogP contribution in [-0.4, -0.2) is 23.3 Å². The largest absolute Gasteiger partial charge is 0.573 e. The zero-order chi connectivity index (χ0) is 20.5. The summed E-state index contributed by atoms with van der Waals surface area (Å²) >= 11 is 0. The Bertz CT molecular complexity index is 882. The maximum absolute atomic E-state index is 12.5. The summed E-state index contributed by atoms with van der Waals surface area (Å²) in [6, 6.07) is 6.81. The Balaban J connectivity index is 1.58. The molecule has 1 aromatic heterocycles. The molecule has 3 rings (SSSR count). The first-order valence-electron chi connectivity index (χ1n) is 8.54. The van der Waals surface area contributed by atoms with Gasteiger partial charge in [-0.25, -0.2) is 4.79 Å². The van der Waals surface area contributed by atoms with Crippen LogP contribution in [0.25, 0.3) is 0 Å². The van der Waals surface area contributed by atoms with Gasteiger partial charge in [-0.2, -0.15) is 0 Å². The van der Waals surface area contributed by atoms with Gasteiger partial charge in [0.15, 0.2) is 0 Å². The number of benzene rings is 1. The molecule has 0 saturated heterocycles. The van der Waals surface area contributed by atoms with E-state index in [-0.39, 0.29) is 29.5 Å². The normalized spacial score (nSPS) is 15.1. The van der Waals surface area contributed by atoms with Crippen LogP contribution in [0.15, 0.2) is 34.7 Å². The highest BCUT2D eigenvalue weighted by Gasteiger charge is 2.49. The fourth-order valence-corrected chi connectivity index (χ4v) is 3.03. The zero-order valence-electron chi connectivity index (χ0n) is 14.9. The molecule has 0 bridgehead atoms. The third-order valence-electron chi connectivity index (χ3n) is 4.66. The summed E-state index contributed by atoms with van der Waals surface area (Å²) in [6.07, 6.45) is -3.03. The number of carboxylic acids is 1. The highest BCUT2D eigenvalue weighted by atomic mass is 19.4. The molecule has 1 heterocycles. The molecule has 0 aliphatic heterocycles. The second kappa shape index (κ2) is 7.21. The number of alkyl halides is 3. The van der Waals surface area contributed by atoms with E-state index in [1.165, 1.54) is 37.3 Å². The minimum atomic E-state index is -4.75. The molecule has 0 radical (unpaired) electrons. The second-order valence-electron chi connectivity index (χ2n) is 6.82. The number of nitrogens with one attached hydrogen (secondary N) is 1. The number of aromatic carboxylic acids is 1. The Morgan fingerprint density at radius 1 is 1.25 bits per heavy atom. The van der Waals surface area contributed by atoms with Gasteiger partial charge in [0.05, 0.1) is 12.0 Å². The number of amides is 1. The van der Waals surface area contributed by atoms with Gasteiger partial charge in [-0.15, -0.1) is 13.2 Å². The van der Waals surface area contributed by atoms with Crippen molar-refractivity contribution in [2.45, 2.75) is 39.1 Å². The average molecular weight is 397 g/mol. The lowest BCUT2D eigenvalue weighted by Crippen LogP contribution is -2.32. The molecular formula is C19H18F3NO5. The van der Waals surface area contributed by atoms with Crippen molar-refractivity contribution in [2.24, 2.45) is 5.41 Å². The number of ether oxygens (including phenoxy) is 1. The molecule has 1 saturated carbocycles. The average Bonchev–Trinajstić information content (AvgIpc) is 3.28. The molecule has 28 heavy (non-hydrogen) atoms. The third kappa shape index (κ3) is 4.65. The summed E-state index contributed by atoms with van der Waals surface area (Å²) in [5.74, 6) is -1.01. The topological polar surface area (TPSA) is 88.8 Å². The van der Waals surface area contributed by atoms with Crippen molar-refractivity contribution in [1.82, 2.24) is 5.32 Å².